The van der Waals surface area contributed by atoms with E-state index in [0.717, 1.165) is 23.1 Å². The first-order valence-corrected chi connectivity index (χ1v) is 8.24. The topological polar surface area (TPSA) is 55.6 Å². The average Bonchev–Trinajstić information content (AvgIpc) is 3.05. The number of rotatable bonds is 7. The average molecular weight is 365 g/mol. The molecule has 3 rings (SSSR count). The highest BCUT2D eigenvalue weighted by Crippen LogP contribution is 2.17. The fourth-order valence-corrected chi connectivity index (χ4v) is 2.87. The third-order valence-electron chi connectivity index (χ3n) is 3.22. The van der Waals surface area contributed by atoms with Crippen LogP contribution in [0.3, 0.4) is 0 Å². The smallest absolute Gasteiger partial charge is 0.214 e. The molecular weight excluding hydrogens is 349 g/mol. The number of tetrazole rings is 1. The van der Waals surface area contributed by atoms with Gasteiger partial charge in [-0.1, -0.05) is 48.2 Å². The second-order valence-electron chi connectivity index (χ2n) is 4.83. The lowest BCUT2D eigenvalue weighted by molar-refractivity contribution is -0.00000533. The van der Waals surface area contributed by atoms with Gasteiger partial charge in [0.25, 0.3) is 0 Å². The van der Waals surface area contributed by atoms with Crippen molar-refractivity contribution in [2.45, 2.75) is 11.7 Å². The molecule has 0 aliphatic carbocycles. The van der Waals surface area contributed by atoms with E-state index in [1.807, 2.05) is 36.4 Å². The lowest BCUT2D eigenvalue weighted by Crippen LogP contribution is -3.00. The normalized spacial score (nSPS) is 10.4. The summed E-state index contributed by atoms with van der Waals surface area (Å²) in [6.07, 6.45) is 0. The number of hydrogen-bond donors (Lipinski definition) is 1. The highest BCUT2D eigenvalue weighted by atomic mass is 35.5. The summed E-state index contributed by atoms with van der Waals surface area (Å²) in [4.78, 5) is 0. The van der Waals surface area contributed by atoms with Gasteiger partial charge in [0, 0.05) is 24.4 Å². The molecule has 0 spiro atoms. The molecule has 1 N–H and O–H groups in total. The highest BCUT2D eigenvalue weighted by Gasteiger charge is 2.08. The molecule has 0 saturated heterocycles. The van der Waals surface area contributed by atoms with Crippen LogP contribution in [0.5, 0.6) is 0 Å². The second kappa shape index (κ2) is 9.36. The molecule has 0 radical (unpaired) electrons. The van der Waals surface area contributed by atoms with Crippen molar-refractivity contribution in [1.29, 1.82) is 0 Å². The molecular formula is C16H16ClFN5S-. The molecule has 24 heavy (non-hydrogen) atoms. The van der Waals surface area contributed by atoms with E-state index in [0.29, 0.717) is 12.1 Å². The molecule has 0 saturated carbocycles. The monoisotopic (exact) mass is 364 g/mol. The number of para-hydroxylation sites is 1. The predicted octanol–water partition coefficient (Wildman–Crippen LogP) is -0.313. The summed E-state index contributed by atoms with van der Waals surface area (Å²) in [5.74, 6) is 0.613. The molecule has 0 fully saturated rings. The molecule has 8 heteroatoms. The minimum absolute atomic E-state index is 0. The van der Waals surface area contributed by atoms with Gasteiger partial charge in [0.1, 0.15) is 5.82 Å². The summed E-state index contributed by atoms with van der Waals surface area (Å²) in [6, 6.07) is 16.5. The third kappa shape index (κ3) is 4.77. The van der Waals surface area contributed by atoms with Gasteiger partial charge in [0.2, 0.25) is 5.16 Å². The van der Waals surface area contributed by atoms with E-state index in [9.17, 15) is 4.39 Å². The molecule has 0 aliphatic rings. The van der Waals surface area contributed by atoms with Crippen LogP contribution in [0.1, 0.15) is 5.56 Å². The van der Waals surface area contributed by atoms with E-state index in [1.165, 1.54) is 6.07 Å². The first-order chi connectivity index (χ1) is 11.3. The molecule has 0 bridgehead atoms. The lowest BCUT2D eigenvalue weighted by atomic mass is 10.2. The van der Waals surface area contributed by atoms with Gasteiger partial charge in [-0.3, -0.25) is 0 Å². The molecule has 0 amide bonds. The van der Waals surface area contributed by atoms with Crippen LogP contribution in [0.2, 0.25) is 0 Å². The Labute approximate surface area is 150 Å². The summed E-state index contributed by atoms with van der Waals surface area (Å²) in [6.45, 7) is 1.25. The maximum absolute atomic E-state index is 13.5. The van der Waals surface area contributed by atoms with Crippen LogP contribution in [0.25, 0.3) is 5.69 Å². The van der Waals surface area contributed by atoms with Crippen LogP contribution in [0, 0.1) is 5.82 Å². The number of halogens is 2. The van der Waals surface area contributed by atoms with Crippen molar-refractivity contribution in [3.05, 3.63) is 66.0 Å². The van der Waals surface area contributed by atoms with Gasteiger partial charge in [-0.2, -0.15) is 4.68 Å². The van der Waals surface area contributed by atoms with Gasteiger partial charge >= 0.3 is 0 Å². The summed E-state index contributed by atoms with van der Waals surface area (Å²) in [5, 5.41) is 15.7. The van der Waals surface area contributed by atoms with Gasteiger partial charge in [-0.05, 0) is 28.6 Å². The van der Waals surface area contributed by atoms with Crippen molar-refractivity contribution in [1.82, 2.24) is 25.5 Å². The van der Waals surface area contributed by atoms with Crippen LogP contribution in [0.4, 0.5) is 4.39 Å². The minimum atomic E-state index is -0.180. The van der Waals surface area contributed by atoms with Gasteiger partial charge in [-0.25, -0.2) is 4.39 Å². The maximum atomic E-state index is 13.5. The van der Waals surface area contributed by atoms with Gasteiger partial charge < -0.3 is 17.7 Å². The Hall–Kier alpha value is -1.96. The summed E-state index contributed by atoms with van der Waals surface area (Å²) in [5.41, 5.74) is 1.60. The number of nitrogens with zero attached hydrogens (tertiary/aromatic N) is 4. The Morgan fingerprint density at radius 1 is 1.04 bits per heavy atom. The third-order valence-corrected chi connectivity index (χ3v) is 4.15. The van der Waals surface area contributed by atoms with Crippen LogP contribution in [-0.2, 0) is 6.54 Å². The zero-order valence-electron chi connectivity index (χ0n) is 12.8. The van der Waals surface area contributed by atoms with Crippen molar-refractivity contribution < 1.29 is 16.8 Å². The molecule has 0 atom stereocenters. The fraction of sp³-hybridized carbons (Fsp3) is 0.188. The van der Waals surface area contributed by atoms with Crippen LogP contribution < -0.4 is 17.7 Å². The molecule has 0 unspecified atom stereocenters. The lowest BCUT2D eigenvalue weighted by Gasteiger charge is -2.06. The Balaban J connectivity index is 0.00000208. The molecule has 3 aromatic rings. The standard InChI is InChI=1S/C16H16FN5S.ClH/c17-15-9-5-4-6-13(15)12-18-10-11-23-16-19-20-21-22(16)14-7-2-1-3-8-14;/h1-9,18H,10-12H2;1H/p-1. The first-order valence-electron chi connectivity index (χ1n) is 7.25. The van der Waals surface area contributed by atoms with Crippen LogP contribution in [-0.4, -0.2) is 32.5 Å². The zero-order chi connectivity index (χ0) is 15.9. The van der Waals surface area contributed by atoms with E-state index >= 15 is 0 Å². The van der Waals surface area contributed by atoms with Crippen LogP contribution >= 0.6 is 11.8 Å². The number of thioether (sulfide) groups is 1. The maximum Gasteiger partial charge on any atom is 0.214 e. The molecule has 126 valence electrons. The number of benzene rings is 2. The van der Waals surface area contributed by atoms with Crippen molar-refractivity contribution in [2.24, 2.45) is 0 Å². The highest BCUT2D eigenvalue weighted by molar-refractivity contribution is 7.99. The van der Waals surface area contributed by atoms with E-state index in [-0.39, 0.29) is 18.2 Å². The van der Waals surface area contributed by atoms with E-state index in [1.54, 1.807) is 28.6 Å². The summed E-state index contributed by atoms with van der Waals surface area (Å²) < 4.78 is 15.2. The first kappa shape index (κ1) is 18.4. The SMILES string of the molecule is Fc1ccccc1CNCCSc1nnnn1-c1ccccc1.[Cl-]. The van der Waals surface area contributed by atoms with Crippen molar-refractivity contribution in [2.75, 3.05) is 12.3 Å². The number of hydrogen-bond acceptors (Lipinski definition) is 5. The van der Waals surface area contributed by atoms with Crippen molar-refractivity contribution >= 4 is 11.8 Å². The Bertz CT molecular complexity index is 753. The van der Waals surface area contributed by atoms with Gasteiger partial charge in [0.05, 0.1) is 5.69 Å². The van der Waals surface area contributed by atoms with Crippen molar-refractivity contribution in [3.63, 3.8) is 0 Å². The molecule has 2 aromatic carbocycles. The molecule has 0 aliphatic heterocycles. The largest absolute Gasteiger partial charge is 1.00 e. The zero-order valence-corrected chi connectivity index (χ0v) is 14.3. The summed E-state index contributed by atoms with van der Waals surface area (Å²) >= 11 is 1.56. The Kier molecular flexibility index (Phi) is 7.17. The Morgan fingerprint density at radius 3 is 2.58 bits per heavy atom. The van der Waals surface area contributed by atoms with Gasteiger partial charge in [0.15, 0.2) is 0 Å². The number of aromatic nitrogens is 4. The fourth-order valence-electron chi connectivity index (χ4n) is 2.08. The quantitative estimate of drug-likeness (QED) is 0.460. The predicted molar refractivity (Wildman–Crippen MR) is 88.0 cm³/mol. The van der Waals surface area contributed by atoms with Crippen LogP contribution in [0.15, 0.2) is 59.8 Å². The molecule has 1 heterocycles. The van der Waals surface area contributed by atoms with E-state index in [4.69, 9.17) is 0 Å². The van der Waals surface area contributed by atoms with Crippen molar-refractivity contribution in [3.8, 4) is 5.69 Å². The van der Waals surface area contributed by atoms with Gasteiger partial charge in [-0.15, -0.1) is 5.10 Å². The summed E-state index contributed by atoms with van der Waals surface area (Å²) in [7, 11) is 0. The van der Waals surface area contributed by atoms with E-state index < -0.39 is 0 Å². The number of nitrogens with one attached hydrogen (secondary N) is 1. The molecule has 1 aromatic heterocycles. The van der Waals surface area contributed by atoms with E-state index in [2.05, 4.69) is 20.8 Å². The minimum Gasteiger partial charge on any atom is -1.00 e. The second-order valence-corrected chi connectivity index (χ2v) is 5.89. The molecule has 5 nitrogen and oxygen atoms in total. The Morgan fingerprint density at radius 2 is 1.79 bits per heavy atom.